The van der Waals surface area contributed by atoms with E-state index in [-0.39, 0.29) is 45.7 Å². The van der Waals surface area contributed by atoms with Crippen LogP contribution in [0.15, 0.2) is 134 Å². The number of esters is 4. The Kier molecular flexibility index (Phi) is 32.0. The van der Waals surface area contributed by atoms with Crippen molar-refractivity contribution in [1.29, 1.82) is 0 Å². The predicted molar refractivity (Wildman–Crippen MR) is 424 cm³/mol. The van der Waals surface area contributed by atoms with Crippen LogP contribution < -0.4 is 4.57 Å². The standard InChI is InChI=1S/C20H29F3O7S.C18H13S.C12H22O2.C10H14O.C9H7I3O5S.C9H17N2/c1-4-17(2,3)15(24)30-19-8-12-5-13(9-19)7-18(6-12,11-19)16(25)29-14(20(21,22)23)10-31(26,27)28;1-2-8-14(9-3-1)19-17-12-6-4-10-15(17)16-11-5-7-13-18(16)19;1-5-11(2,3)10(13)14-12(4)8-6-7-9-12;1-3-8(2)9-5-4-6-10(11)7-9;10-5-3-6(8(12)7(11)4-5)9(13)17-1-2-18(14,15)16;1-4-9(3)11-7-6-10(5-2)8-11/h12-14H,4-11H2,1-3H3,(H,26,27,28);1-13H;5-9H2,1-4H3;4-8,11H,3H2,1-2H3;3-4H,1-2H2,(H,14,15,16);6-9H,4-5H2,1-3H3/q;+1;;;;+1/p-2. The Morgan fingerprint density at radius 1 is 0.721 bits per heavy atom. The third-order valence-corrected chi connectivity index (χ3v) is 27.5. The zero-order valence-electron chi connectivity index (χ0n) is 61.4. The second-order valence-corrected chi connectivity index (χ2v) is 37.5. The van der Waals surface area contributed by atoms with Gasteiger partial charge in [-0.15, -0.1) is 0 Å². The maximum atomic E-state index is 13.3. The third kappa shape index (κ3) is 25.0. The summed E-state index contributed by atoms with van der Waals surface area (Å²) < 4.78 is 134. The van der Waals surface area contributed by atoms with Gasteiger partial charge in [0.15, 0.2) is 14.3 Å². The number of nitrogens with zero attached hydrogens (tertiary/aromatic N) is 2. The summed E-state index contributed by atoms with van der Waals surface area (Å²) in [6.45, 7) is 24.9. The van der Waals surface area contributed by atoms with E-state index in [9.17, 15) is 58.3 Å². The molecular formula is C78H100F3I3N2O15S3. The van der Waals surface area contributed by atoms with E-state index >= 15 is 0 Å². The van der Waals surface area contributed by atoms with Gasteiger partial charge in [0.05, 0.1) is 66.1 Å². The van der Waals surface area contributed by atoms with Crippen LogP contribution in [0.4, 0.5) is 13.2 Å². The Morgan fingerprint density at radius 2 is 1.27 bits per heavy atom. The smallest absolute Gasteiger partial charge is 0.426 e. The molecule has 2 aromatic heterocycles. The fourth-order valence-corrected chi connectivity index (χ4v) is 18.9. The number of rotatable bonds is 20. The summed E-state index contributed by atoms with van der Waals surface area (Å²) in [5, 5.41) is 11.9. The van der Waals surface area contributed by atoms with Crippen LogP contribution in [-0.2, 0) is 60.1 Å². The van der Waals surface area contributed by atoms with Crippen molar-refractivity contribution in [3.05, 3.63) is 156 Å². The number of thiophene rings is 1. The van der Waals surface area contributed by atoms with Gasteiger partial charge in [-0.1, -0.05) is 89.2 Å². The first-order chi connectivity index (χ1) is 48.6. The highest BCUT2D eigenvalue weighted by Crippen LogP contribution is 2.64. The lowest BCUT2D eigenvalue weighted by atomic mass is 9.48. The topological polar surface area (TPSA) is 249 Å². The zero-order valence-corrected chi connectivity index (χ0v) is 70.3. The fourth-order valence-electron chi connectivity index (χ4n) is 13.2. The van der Waals surface area contributed by atoms with Gasteiger partial charge in [-0.05, 0) is 284 Å². The number of aromatic hydroxyl groups is 1. The number of carbonyl (C=O) groups excluding carboxylic acids is 4. The predicted octanol–water partition coefficient (Wildman–Crippen LogP) is 19.2. The molecule has 0 aliphatic heterocycles. The number of hydrogen-bond donors (Lipinski definition) is 1. The summed E-state index contributed by atoms with van der Waals surface area (Å²) in [5.41, 5.74) is -1.87. The van der Waals surface area contributed by atoms with E-state index in [0.29, 0.717) is 55.4 Å². The van der Waals surface area contributed by atoms with Crippen molar-refractivity contribution in [2.45, 2.75) is 215 Å². The Balaban J connectivity index is 0.000000204. The zero-order chi connectivity index (χ0) is 77.4. The Morgan fingerprint density at radius 3 is 1.76 bits per heavy atom. The molecule has 5 saturated carbocycles. The van der Waals surface area contributed by atoms with Crippen LogP contribution in [0, 0.1) is 38.8 Å². The van der Waals surface area contributed by atoms with Crippen LogP contribution in [0.25, 0.3) is 25.1 Å². The van der Waals surface area contributed by atoms with Gasteiger partial charge in [-0.2, -0.15) is 13.2 Å². The highest BCUT2D eigenvalue weighted by Gasteiger charge is 2.64. The molecule has 5 aliphatic carbocycles. The molecule has 7 aromatic rings. The number of carbonyl (C=O) groups is 4. The number of alkyl halides is 3. The first-order valence-corrected chi connectivity index (χ1v) is 42.9. The van der Waals surface area contributed by atoms with Crippen molar-refractivity contribution >= 4 is 143 Å². The molecule has 0 spiro atoms. The van der Waals surface area contributed by atoms with Crippen molar-refractivity contribution in [3.63, 3.8) is 0 Å². The largest absolute Gasteiger partial charge is 0.748 e. The molecule has 5 aliphatic rings. The van der Waals surface area contributed by atoms with E-state index < -0.39 is 85.0 Å². The maximum absolute atomic E-state index is 13.3. The first-order valence-electron chi connectivity index (χ1n) is 35.3. The second-order valence-electron chi connectivity index (χ2n) is 29.1. The van der Waals surface area contributed by atoms with Crippen LogP contribution in [0.5, 0.6) is 5.75 Å². The molecule has 0 radical (unpaired) electrons. The summed E-state index contributed by atoms with van der Waals surface area (Å²) >= 11 is 6.18. The Bertz CT molecular complexity index is 4210. The number of phenols is 1. The lowest BCUT2D eigenvalue weighted by molar-refractivity contribution is -0.693. The molecule has 26 heteroatoms. The van der Waals surface area contributed by atoms with Crippen LogP contribution in [-0.4, -0.2) is 101 Å². The number of ether oxygens (including phenoxy) is 4. The van der Waals surface area contributed by atoms with Crippen molar-refractivity contribution in [1.82, 2.24) is 4.57 Å². The van der Waals surface area contributed by atoms with E-state index in [0.717, 1.165) is 49.4 Å². The number of imidazole rings is 1. The van der Waals surface area contributed by atoms with Crippen molar-refractivity contribution in [2.24, 2.45) is 28.1 Å². The lowest BCUT2D eigenvalue weighted by Crippen LogP contribution is -2.61. The Hall–Kier alpha value is -4.99. The molecule has 5 fully saturated rings. The normalized spacial score (nSPS) is 19.7. The average Bonchev–Trinajstić information content (AvgIpc) is 0.822. The number of phenolic OH excluding ortho intramolecular Hbond substituents is 1. The summed E-state index contributed by atoms with van der Waals surface area (Å²) in [7, 11) is -9.57. The fraction of sp³-hybridized carbons (Fsp3) is 0.526. The molecule has 0 amide bonds. The lowest BCUT2D eigenvalue weighted by Gasteiger charge is -2.60. The highest BCUT2D eigenvalue weighted by molar-refractivity contribution is 14.1. The van der Waals surface area contributed by atoms with Gasteiger partial charge in [0.25, 0.3) is 0 Å². The third-order valence-electron chi connectivity index (χ3n) is 20.1. The quantitative estimate of drug-likeness (QED) is 0.0142. The van der Waals surface area contributed by atoms with E-state index in [1.807, 2.05) is 74.6 Å². The number of hydrogen-bond acceptors (Lipinski definition) is 15. The number of aryl methyl sites for hydroxylation is 1. The minimum Gasteiger partial charge on any atom is -0.748 e. The number of aromatic nitrogens is 2. The molecule has 4 bridgehead atoms. The van der Waals surface area contributed by atoms with Crippen molar-refractivity contribution in [3.8, 4) is 10.6 Å². The SMILES string of the molecule is CCC(C)(C)C(=O)OC1(C)CCCC1.CCC(C)(C)C(=O)OC12CC3CC(C1)CC(C(=O)OC(CS(=O)(=O)[O-])C(F)(F)F)(C3)C2.CCC(C)c1cccc(O)c1.CCC(C)n1cc[n+](CC)c1.O=C(OCCS(=O)(=O)[O-])c1cc(I)cc(I)c1I.c1ccc(-[s+]2c3ccccc3c3ccccc32)cc1. The van der Waals surface area contributed by atoms with Gasteiger partial charge < -0.3 is 33.2 Å². The molecule has 12 rings (SSSR count). The van der Waals surface area contributed by atoms with Crippen molar-refractivity contribution < 1.29 is 86.9 Å². The molecule has 572 valence electrons. The van der Waals surface area contributed by atoms with Gasteiger partial charge in [0, 0.05) is 38.4 Å². The van der Waals surface area contributed by atoms with Crippen molar-refractivity contribution in [2.75, 3.05) is 18.1 Å². The summed E-state index contributed by atoms with van der Waals surface area (Å²) in [6, 6.07) is 40.0. The molecule has 1 N–H and O–H groups in total. The van der Waals surface area contributed by atoms with Gasteiger partial charge in [0.1, 0.15) is 36.0 Å². The minimum atomic E-state index is -5.27. The number of halogens is 6. The van der Waals surface area contributed by atoms with E-state index in [4.69, 9.17) is 19.3 Å². The molecule has 0 saturated heterocycles. The van der Waals surface area contributed by atoms with Gasteiger partial charge >= 0.3 is 30.1 Å². The van der Waals surface area contributed by atoms with Gasteiger partial charge in [-0.25, -0.2) is 30.8 Å². The average molecular weight is 1840 g/mol. The summed E-state index contributed by atoms with van der Waals surface area (Å²) in [4.78, 5) is 50.7. The monoisotopic (exact) mass is 1840 g/mol. The van der Waals surface area contributed by atoms with E-state index in [1.165, 1.54) is 49.9 Å². The van der Waals surface area contributed by atoms with Crippen LogP contribution in [0.1, 0.15) is 201 Å². The minimum absolute atomic E-state index is 0.00100. The van der Waals surface area contributed by atoms with E-state index in [2.05, 4.69) is 198 Å². The molecule has 5 atom stereocenters. The van der Waals surface area contributed by atoms with Crippen LogP contribution in [0.2, 0.25) is 0 Å². The first kappa shape index (κ1) is 87.9. The molecule has 104 heavy (non-hydrogen) atoms. The molecular weight excluding hydrogens is 1740 g/mol. The van der Waals surface area contributed by atoms with Gasteiger partial charge in [0.2, 0.25) is 12.4 Å². The van der Waals surface area contributed by atoms with Crippen LogP contribution in [0.3, 0.4) is 0 Å². The van der Waals surface area contributed by atoms with Crippen LogP contribution >= 0.6 is 78.2 Å². The van der Waals surface area contributed by atoms with E-state index in [1.54, 1.807) is 26.0 Å². The summed E-state index contributed by atoms with van der Waals surface area (Å²) in [6.07, 6.45) is 8.85. The second kappa shape index (κ2) is 37.9. The highest BCUT2D eigenvalue weighted by atomic mass is 127. The van der Waals surface area contributed by atoms with Gasteiger partial charge in [-0.3, -0.25) is 14.4 Å². The Labute approximate surface area is 655 Å². The number of benzene rings is 5. The maximum Gasteiger partial charge on any atom is 0.426 e. The molecule has 5 aromatic carbocycles. The molecule has 17 nitrogen and oxygen atoms in total. The molecule has 5 unspecified atom stereocenters. The summed E-state index contributed by atoms with van der Waals surface area (Å²) in [5.74, 6) is -3.91. The molecule has 2 heterocycles. The number of fused-ring (bicyclic) bond motifs is 3.